The fourth-order valence-corrected chi connectivity index (χ4v) is 2.25. The van der Waals surface area contributed by atoms with E-state index in [1.165, 1.54) is 7.11 Å². The molecule has 0 saturated heterocycles. The van der Waals surface area contributed by atoms with Crippen molar-refractivity contribution in [3.05, 3.63) is 59.4 Å². The van der Waals surface area contributed by atoms with Crippen LogP contribution in [-0.4, -0.2) is 22.5 Å². The SMILES string of the molecule is COC(=O)Cc1nc2ccc(Cl)cn2c1N=Nc1ccccc1. The van der Waals surface area contributed by atoms with E-state index in [2.05, 4.69) is 15.2 Å². The standard InChI is InChI=1S/C16H13ClN4O2/c1-23-15(22)9-13-16(20-19-12-5-3-2-4-6-12)21-10-11(17)7-8-14(21)18-13/h2-8,10H,9H2,1H3. The van der Waals surface area contributed by atoms with Crippen molar-refractivity contribution in [2.24, 2.45) is 10.2 Å². The molecule has 0 aliphatic rings. The molecule has 116 valence electrons. The average Bonchev–Trinajstić information content (AvgIpc) is 2.90. The summed E-state index contributed by atoms with van der Waals surface area (Å²) in [6, 6.07) is 12.8. The lowest BCUT2D eigenvalue weighted by molar-refractivity contribution is -0.139. The molecular weight excluding hydrogens is 316 g/mol. The number of halogens is 1. The van der Waals surface area contributed by atoms with Crippen molar-refractivity contribution in [3.63, 3.8) is 0 Å². The van der Waals surface area contributed by atoms with Crippen molar-refractivity contribution >= 4 is 34.7 Å². The number of methoxy groups -OCH3 is 1. The number of esters is 1. The first-order valence-corrected chi connectivity index (χ1v) is 7.25. The van der Waals surface area contributed by atoms with Gasteiger partial charge in [-0.05, 0) is 24.3 Å². The lowest BCUT2D eigenvalue weighted by atomic mass is 10.3. The highest BCUT2D eigenvalue weighted by Gasteiger charge is 2.16. The van der Waals surface area contributed by atoms with Crippen LogP contribution in [0.15, 0.2) is 58.9 Å². The van der Waals surface area contributed by atoms with Crippen molar-refractivity contribution in [1.29, 1.82) is 0 Å². The van der Waals surface area contributed by atoms with E-state index in [1.54, 1.807) is 22.7 Å². The van der Waals surface area contributed by atoms with E-state index in [4.69, 9.17) is 16.3 Å². The Labute approximate surface area is 137 Å². The summed E-state index contributed by atoms with van der Waals surface area (Å²) in [6.45, 7) is 0. The van der Waals surface area contributed by atoms with Gasteiger partial charge in [0.2, 0.25) is 0 Å². The zero-order valence-electron chi connectivity index (χ0n) is 12.3. The summed E-state index contributed by atoms with van der Waals surface area (Å²) in [7, 11) is 1.33. The van der Waals surface area contributed by atoms with Gasteiger partial charge in [0.05, 0.1) is 29.9 Å². The maximum absolute atomic E-state index is 11.6. The molecule has 0 amide bonds. The first kappa shape index (κ1) is 15.2. The Morgan fingerprint density at radius 3 is 2.74 bits per heavy atom. The number of azo groups is 1. The summed E-state index contributed by atoms with van der Waals surface area (Å²) in [4.78, 5) is 16.0. The van der Waals surface area contributed by atoms with Gasteiger partial charge in [-0.2, -0.15) is 0 Å². The van der Waals surface area contributed by atoms with Gasteiger partial charge in [-0.25, -0.2) is 4.98 Å². The highest BCUT2D eigenvalue weighted by Crippen LogP contribution is 2.26. The highest BCUT2D eigenvalue weighted by molar-refractivity contribution is 6.30. The maximum atomic E-state index is 11.6. The molecule has 0 radical (unpaired) electrons. The minimum absolute atomic E-state index is 0.0128. The van der Waals surface area contributed by atoms with Gasteiger partial charge in [0.25, 0.3) is 0 Å². The third-order valence-electron chi connectivity index (χ3n) is 3.18. The monoisotopic (exact) mass is 328 g/mol. The summed E-state index contributed by atoms with van der Waals surface area (Å²) in [5.41, 5.74) is 1.82. The molecule has 0 aliphatic carbocycles. The van der Waals surface area contributed by atoms with E-state index in [0.29, 0.717) is 27.9 Å². The van der Waals surface area contributed by atoms with Crippen molar-refractivity contribution in [3.8, 4) is 0 Å². The first-order chi connectivity index (χ1) is 11.2. The topological polar surface area (TPSA) is 68.3 Å². The van der Waals surface area contributed by atoms with Gasteiger partial charge in [0.1, 0.15) is 5.65 Å². The number of carbonyl (C=O) groups is 1. The molecule has 1 aromatic carbocycles. The number of nitrogens with zero attached hydrogens (tertiary/aromatic N) is 4. The normalized spacial score (nSPS) is 11.2. The van der Waals surface area contributed by atoms with Gasteiger partial charge in [-0.3, -0.25) is 9.20 Å². The van der Waals surface area contributed by atoms with Gasteiger partial charge in [-0.15, -0.1) is 10.2 Å². The number of hydrogen-bond acceptors (Lipinski definition) is 5. The van der Waals surface area contributed by atoms with Crippen molar-refractivity contribution < 1.29 is 9.53 Å². The molecular formula is C16H13ClN4O2. The van der Waals surface area contributed by atoms with Gasteiger partial charge in [0, 0.05) is 6.20 Å². The second kappa shape index (κ2) is 6.58. The minimum Gasteiger partial charge on any atom is -0.469 e. The fraction of sp³-hybridized carbons (Fsp3) is 0.125. The molecule has 0 spiro atoms. The second-order valence-corrected chi connectivity index (χ2v) is 5.18. The summed E-state index contributed by atoms with van der Waals surface area (Å²) in [5.74, 6) is 0.0624. The van der Waals surface area contributed by atoms with Gasteiger partial charge in [-0.1, -0.05) is 29.8 Å². The molecule has 0 unspecified atom stereocenters. The van der Waals surface area contributed by atoms with Crippen LogP contribution in [0.5, 0.6) is 0 Å². The van der Waals surface area contributed by atoms with Crippen LogP contribution in [0.25, 0.3) is 5.65 Å². The van der Waals surface area contributed by atoms with Crippen LogP contribution >= 0.6 is 11.6 Å². The lowest BCUT2D eigenvalue weighted by Gasteiger charge is -1.99. The van der Waals surface area contributed by atoms with Gasteiger partial charge >= 0.3 is 5.97 Å². The molecule has 0 fully saturated rings. The number of carbonyl (C=O) groups excluding carboxylic acids is 1. The molecule has 23 heavy (non-hydrogen) atoms. The van der Waals surface area contributed by atoms with E-state index in [1.807, 2.05) is 30.3 Å². The molecule has 0 bridgehead atoms. The van der Waals surface area contributed by atoms with Crippen LogP contribution in [0, 0.1) is 0 Å². The molecule has 2 aromatic heterocycles. The smallest absolute Gasteiger partial charge is 0.311 e. The van der Waals surface area contributed by atoms with Crippen LogP contribution < -0.4 is 0 Å². The van der Waals surface area contributed by atoms with Crippen molar-refractivity contribution in [2.45, 2.75) is 6.42 Å². The molecule has 0 saturated carbocycles. The number of hydrogen-bond donors (Lipinski definition) is 0. The van der Waals surface area contributed by atoms with Crippen LogP contribution in [0.1, 0.15) is 5.69 Å². The van der Waals surface area contributed by atoms with Gasteiger partial charge in [0.15, 0.2) is 5.82 Å². The minimum atomic E-state index is -0.393. The number of aromatic nitrogens is 2. The third-order valence-corrected chi connectivity index (χ3v) is 3.41. The number of benzene rings is 1. The second-order valence-electron chi connectivity index (χ2n) is 4.75. The molecule has 0 N–H and O–H groups in total. The van der Waals surface area contributed by atoms with E-state index in [0.717, 1.165) is 0 Å². The first-order valence-electron chi connectivity index (χ1n) is 6.87. The van der Waals surface area contributed by atoms with Crippen LogP contribution in [0.2, 0.25) is 5.02 Å². The average molecular weight is 329 g/mol. The largest absolute Gasteiger partial charge is 0.469 e. The Balaban J connectivity index is 2.07. The fourth-order valence-electron chi connectivity index (χ4n) is 2.09. The van der Waals surface area contributed by atoms with Crippen molar-refractivity contribution in [2.75, 3.05) is 7.11 Å². The molecule has 3 aromatic rings. The number of imidazole rings is 1. The number of fused-ring (bicyclic) bond motifs is 1. The maximum Gasteiger partial charge on any atom is 0.311 e. The van der Waals surface area contributed by atoms with Crippen LogP contribution in [0.3, 0.4) is 0 Å². The third kappa shape index (κ3) is 3.37. The quantitative estimate of drug-likeness (QED) is 0.534. The zero-order valence-corrected chi connectivity index (χ0v) is 13.1. The number of ether oxygens (including phenoxy) is 1. The number of pyridine rings is 1. The molecule has 3 rings (SSSR count). The summed E-state index contributed by atoms with van der Waals surface area (Å²) in [5, 5.41) is 8.98. The van der Waals surface area contributed by atoms with Crippen molar-refractivity contribution in [1.82, 2.24) is 9.38 Å². The predicted octanol–water partition coefficient (Wildman–Crippen LogP) is 4.12. The molecule has 0 aliphatic heterocycles. The van der Waals surface area contributed by atoms with Crippen LogP contribution in [-0.2, 0) is 16.0 Å². The Kier molecular flexibility index (Phi) is 4.34. The van der Waals surface area contributed by atoms with Gasteiger partial charge < -0.3 is 4.74 Å². The lowest BCUT2D eigenvalue weighted by Crippen LogP contribution is -2.04. The van der Waals surface area contributed by atoms with E-state index >= 15 is 0 Å². The molecule has 0 atom stereocenters. The Morgan fingerprint density at radius 1 is 1.22 bits per heavy atom. The summed E-state index contributed by atoms with van der Waals surface area (Å²) >= 11 is 6.04. The summed E-state index contributed by atoms with van der Waals surface area (Å²) < 4.78 is 6.41. The van der Waals surface area contributed by atoms with E-state index in [-0.39, 0.29) is 6.42 Å². The summed E-state index contributed by atoms with van der Waals surface area (Å²) in [6.07, 6.45) is 1.70. The Morgan fingerprint density at radius 2 is 2.00 bits per heavy atom. The zero-order chi connectivity index (χ0) is 16.2. The molecule has 7 heteroatoms. The number of rotatable bonds is 4. The van der Waals surface area contributed by atoms with E-state index < -0.39 is 5.97 Å². The van der Waals surface area contributed by atoms with Crippen LogP contribution in [0.4, 0.5) is 11.5 Å². The van der Waals surface area contributed by atoms with E-state index in [9.17, 15) is 4.79 Å². The predicted molar refractivity (Wildman–Crippen MR) is 86.5 cm³/mol. The molecule has 2 heterocycles. The Bertz CT molecular complexity index is 874. The Hall–Kier alpha value is -2.73. The molecule has 6 nitrogen and oxygen atoms in total. The highest BCUT2D eigenvalue weighted by atomic mass is 35.5.